The lowest BCUT2D eigenvalue weighted by atomic mass is 10.2. The van der Waals surface area contributed by atoms with E-state index < -0.39 is 0 Å². The van der Waals surface area contributed by atoms with Crippen LogP contribution < -0.4 is 14.8 Å². The normalized spacial score (nSPS) is 10.8. The van der Waals surface area contributed by atoms with Crippen molar-refractivity contribution in [1.82, 2.24) is 10.2 Å². The summed E-state index contributed by atoms with van der Waals surface area (Å²) in [7, 11) is 3.07. The number of nitrogens with zero attached hydrogens (tertiary/aromatic N) is 2. The Labute approximate surface area is 155 Å². The second-order valence-electron chi connectivity index (χ2n) is 5.82. The molecule has 0 bridgehead atoms. The van der Waals surface area contributed by atoms with E-state index >= 15 is 0 Å². The van der Waals surface area contributed by atoms with Crippen LogP contribution in [0.5, 0.6) is 11.5 Å². The Morgan fingerprint density at radius 2 is 1.85 bits per heavy atom. The summed E-state index contributed by atoms with van der Waals surface area (Å²) in [6, 6.07) is 6.80. The van der Waals surface area contributed by atoms with Gasteiger partial charge in [-0.3, -0.25) is 4.79 Å². The third-order valence-corrected chi connectivity index (χ3v) is 4.56. The minimum Gasteiger partial charge on any atom is -0.497 e. The van der Waals surface area contributed by atoms with Gasteiger partial charge in [-0.25, -0.2) is 0 Å². The first kappa shape index (κ1) is 17.9. The van der Waals surface area contributed by atoms with Gasteiger partial charge in [-0.15, -0.1) is 21.5 Å². The maximum absolute atomic E-state index is 12.7. The van der Waals surface area contributed by atoms with E-state index in [0.717, 1.165) is 0 Å². The minimum atomic E-state index is -0.287. The van der Waals surface area contributed by atoms with Crippen LogP contribution >= 0.6 is 11.3 Å². The molecule has 7 nitrogen and oxygen atoms in total. The molecule has 0 fully saturated rings. The molecule has 136 valence electrons. The Morgan fingerprint density at radius 3 is 2.42 bits per heavy atom. The fourth-order valence-corrected chi connectivity index (χ4v) is 3.04. The van der Waals surface area contributed by atoms with Crippen molar-refractivity contribution >= 4 is 22.9 Å². The zero-order chi connectivity index (χ0) is 18.7. The van der Waals surface area contributed by atoms with Gasteiger partial charge in [0.15, 0.2) is 0 Å². The van der Waals surface area contributed by atoms with E-state index in [1.54, 1.807) is 24.3 Å². The molecule has 2 heterocycles. The summed E-state index contributed by atoms with van der Waals surface area (Å²) in [6.45, 7) is 3.95. The number of methoxy groups -OCH3 is 2. The van der Waals surface area contributed by atoms with Crippen LogP contribution in [0.1, 0.15) is 36.0 Å². The number of amides is 1. The molecule has 0 radical (unpaired) electrons. The average molecular weight is 373 g/mol. The standard InChI is InChI=1S/C18H19N3O4S/c1-10(2)17-20-21-18(25-17)15-14(5-6-26-15)19-16(22)11-7-12(23-3)9-13(8-11)24-4/h5-10H,1-4H3,(H,19,22). The van der Waals surface area contributed by atoms with Crippen molar-refractivity contribution in [2.24, 2.45) is 0 Å². The number of carbonyl (C=O) groups excluding carboxylic acids is 1. The molecule has 2 aromatic heterocycles. The largest absolute Gasteiger partial charge is 0.497 e. The van der Waals surface area contributed by atoms with Crippen LogP contribution in [0, 0.1) is 0 Å². The Hall–Kier alpha value is -2.87. The maximum atomic E-state index is 12.7. The summed E-state index contributed by atoms with van der Waals surface area (Å²) < 4.78 is 16.1. The highest BCUT2D eigenvalue weighted by atomic mass is 32.1. The molecule has 26 heavy (non-hydrogen) atoms. The quantitative estimate of drug-likeness (QED) is 0.697. The van der Waals surface area contributed by atoms with Crippen LogP contribution in [0.25, 0.3) is 10.8 Å². The molecule has 1 aromatic carbocycles. The van der Waals surface area contributed by atoms with Gasteiger partial charge in [0, 0.05) is 17.5 Å². The van der Waals surface area contributed by atoms with Gasteiger partial charge in [0.25, 0.3) is 11.8 Å². The molecular formula is C18H19N3O4S. The number of ether oxygens (including phenoxy) is 2. The fraction of sp³-hybridized carbons (Fsp3) is 0.278. The molecule has 8 heteroatoms. The molecule has 0 saturated carbocycles. The van der Waals surface area contributed by atoms with Crippen molar-refractivity contribution in [3.63, 3.8) is 0 Å². The summed E-state index contributed by atoms with van der Waals surface area (Å²) in [6.07, 6.45) is 0. The Morgan fingerprint density at radius 1 is 1.15 bits per heavy atom. The molecule has 1 amide bonds. The number of nitrogens with one attached hydrogen (secondary N) is 1. The lowest BCUT2D eigenvalue weighted by molar-refractivity contribution is 0.102. The van der Waals surface area contributed by atoms with Crippen molar-refractivity contribution in [2.45, 2.75) is 19.8 Å². The fourth-order valence-electron chi connectivity index (χ4n) is 2.27. The molecule has 3 aromatic rings. The lowest BCUT2D eigenvalue weighted by Gasteiger charge is -2.09. The van der Waals surface area contributed by atoms with E-state index in [9.17, 15) is 4.79 Å². The molecular weight excluding hydrogens is 354 g/mol. The third-order valence-electron chi connectivity index (χ3n) is 3.66. The van der Waals surface area contributed by atoms with E-state index in [1.807, 2.05) is 19.2 Å². The van der Waals surface area contributed by atoms with E-state index in [1.165, 1.54) is 25.6 Å². The zero-order valence-corrected chi connectivity index (χ0v) is 15.7. The number of hydrogen-bond donors (Lipinski definition) is 1. The topological polar surface area (TPSA) is 86.5 Å². The van der Waals surface area contributed by atoms with Gasteiger partial charge in [0.05, 0.1) is 19.9 Å². The van der Waals surface area contributed by atoms with Crippen molar-refractivity contribution in [2.75, 3.05) is 19.5 Å². The van der Waals surface area contributed by atoms with Crippen LogP contribution in [0.3, 0.4) is 0 Å². The van der Waals surface area contributed by atoms with Crippen molar-refractivity contribution in [3.8, 4) is 22.3 Å². The van der Waals surface area contributed by atoms with Gasteiger partial charge in [-0.05, 0) is 23.6 Å². The second-order valence-corrected chi connectivity index (χ2v) is 6.74. The third kappa shape index (κ3) is 3.70. The molecule has 0 aliphatic rings. The Kier molecular flexibility index (Phi) is 5.22. The number of hydrogen-bond acceptors (Lipinski definition) is 7. The summed E-state index contributed by atoms with van der Waals surface area (Å²) >= 11 is 1.42. The Bertz CT molecular complexity index is 895. The predicted molar refractivity (Wildman–Crippen MR) is 99.2 cm³/mol. The Balaban J connectivity index is 1.86. The van der Waals surface area contributed by atoms with Gasteiger partial charge in [0.2, 0.25) is 5.89 Å². The average Bonchev–Trinajstić information content (AvgIpc) is 3.30. The number of benzene rings is 1. The van der Waals surface area contributed by atoms with Crippen molar-refractivity contribution < 1.29 is 18.7 Å². The molecule has 0 aliphatic heterocycles. The first-order valence-corrected chi connectivity index (χ1v) is 8.85. The highest BCUT2D eigenvalue weighted by molar-refractivity contribution is 7.14. The molecule has 0 aliphatic carbocycles. The van der Waals surface area contributed by atoms with E-state index in [0.29, 0.717) is 39.4 Å². The van der Waals surface area contributed by atoms with E-state index in [4.69, 9.17) is 13.9 Å². The van der Waals surface area contributed by atoms with Gasteiger partial charge in [-0.2, -0.15) is 0 Å². The number of carbonyl (C=O) groups is 1. The monoisotopic (exact) mass is 373 g/mol. The van der Waals surface area contributed by atoms with Crippen LogP contribution in [-0.2, 0) is 0 Å². The van der Waals surface area contributed by atoms with Crippen LogP contribution in [-0.4, -0.2) is 30.3 Å². The van der Waals surface area contributed by atoms with Crippen LogP contribution in [0.15, 0.2) is 34.1 Å². The molecule has 0 saturated heterocycles. The van der Waals surface area contributed by atoms with Crippen molar-refractivity contribution in [3.05, 3.63) is 41.1 Å². The van der Waals surface area contributed by atoms with E-state index in [2.05, 4.69) is 15.5 Å². The summed E-state index contributed by atoms with van der Waals surface area (Å²) in [5.41, 5.74) is 1.03. The molecule has 0 unspecified atom stereocenters. The van der Waals surface area contributed by atoms with Crippen LogP contribution in [0.2, 0.25) is 0 Å². The minimum absolute atomic E-state index is 0.138. The van der Waals surface area contributed by atoms with Crippen LogP contribution in [0.4, 0.5) is 5.69 Å². The number of aromatic nitrogens is 2. The summed E-state index contributed by atoms with van der Waals surface area (Å²) in [5.74, 6) is 1.88. The first-order valence-electron chi connectivity index (χ1n) is 7.97. The van der Waals surface area contributed by atoms with Gasteiger partial charge < -0.3 is 19.2 Å². The SMILES string of the molecule is COc1cc(OC)cc(C(=O)Nc2ccsc2-c2nnc(C(C)C)o2)c1. The smallest absolute Gasteiger partial charge is 0.259 e. The lowest BCUT2D eigenvalue weighted by Crippen LogP contribution is -2.12. The first-order chi connectivity index (χ1) is 12.5. The maximum Gasteiger partial charge on any atom is 0.259 e. The predicted octanol–water partition coefficient (Wildman–Crippen LogP) is 4.19. The van der Waals surface area contributed by atoms with Gasteiger partial charge >= 0.3 is 0 Å². The van der Waals surface area contributed by atoms with Crippen molar-refractivity contribution in [1.29, 1.82) is 0 Å². The highest BCUT2D eigenvalue weighted by Gasteiger charge is 2.18. The number of rotatable bonds is 6. The van der Waals surface area contributed by atoms with Gasteiger partial charge in [0.1, 0.15) is 16.4 Å². The molecule has 1 N–H and O–H groups in total. The van der Waals surface area contributed by atoms with E-state index in [-0.39, 0.29) is 11.8 Å². The summed E-state index contributed by atoms with van der Waals surface area (Å²) in [4.78, 5) is 13.4. The molecule has 0 atom stereocenters. The van der Waals surface area contributed by atoms with Gasteiger partial charge in [-0.1, -0.05) is 13.8 Å². The molecule has 3 rings (SSSR count). The second kappa shape index (κ2) is 7.57. The highest BCUT2D eigenvalue weighted by Crippen LogP contribution is 2.34. The number of thiophene rings is 1. The zero-order valence-electron chi connectivity index (χ0n) is 14.9. The number of anilines is 1. The molecule has 0 spiro atoms. The summed E-state index contributed by atoms with van der Waals surface area (Å²) in [5, 5.41) is 12.9.